The fourth-order valence-corrected chi connectivity index (χ4v) is 4.04. The van der Waals surface area contributed by atoms with Crippen LogP contribution in [0.4, 0.5) is 4.79 Å². The molecule has 0 atom stereocenters. The van der Waals surface area contributed by atoms with Crippen molar-refractivity contribution < 1.29 is 14.3 Å². The molecule has 0 heterocycles. The number of halogens is 1. The number of fused-ring (bicyclic) bond motifs is 3. The molecule has 1 amide bonds. The molecular formula is C25H22ClNO3. The van der Waals surface area contributed by atoms with Crippen molar-refractivity contribution in [3.05, 3.63) is 94.5 Å². The molecule has 0 unspecified atom stereocenters. The maximum atomic E-state index is 12.2. The Kier molecular flexibility index (Phi) is 6.05. The zero-order valence-corrected chi connectivity index (χ0v) is 17.4. The van der Waals surface area contributed by atoms with Gasteiger partial charge in [0.05, 0.1) is 12.1 Å². The number of carbonyl (C=O) groups is 1. The van der Waals surface area contributed by atoms with E-state index in [0.717, 1.165) is 5.56 Å². The van der Waals surface area contributed by atoms with E-state index in [4.69, 9.17) is 21.1 Å². The summed E-state index contributed by atoms with van der Waals surface area (Å²) < 4.78 is 10.7. The van der Waals surface area contributed by atoms with Gasteiger partial charge in [0, 0.05) is 12.5 Å². The molecule has 0 aliphatic heterocycles. The van der Waals surface area contributed by atoms with Gasteiger partial charge in [0.1, 0.15) is 12.4 Å². The summed E-state index contributed by atoms with van der Waals surface area (Å²) in [6.07, 6.45) is 3.29. The predicted octanol–water partition coefficient (Wildman–Crippen LogP) is 5.90. The van der Waals surface area contributed by atoms with Crippen LogP contribution in [0.25, 0.3) is 17.2 Å². The van der Waals surface area contributed by atoms with E-state index in [1.165, 1.54) is 22.3 Å². The summed E-state index contributed by atoms with van der Waals surface area (Å²) in [6, 6.07) is 22.1. The van der Waals surface area contributed by atoms with E-state index in [9.17, 15) is 4.79 Å². The number of amides is 1. The van der Waals surface area contributed by atoms with Gasteiger partial charge in [-0.1, -0.05) is 78.4 Å². The van der Waals surface area contributed by atoms with E-state index in [2.05, 4.69) is 29.6 Å². The first kappa shape index (κ1) is 20.0. The van der Waals surface area contributed by atoms with Gasteiger partial charge in [-0.2, -0.15) is 0 Å². The number of nitrogens with one attached hydrogen (secondary N) is 1. The van der Waals surface area contributed by atoms with E-state index < -0.39 is 6.09 Å². The largest absolute Gasteiger partial charge is 0.495 e. The highest BCUT2D eigenvalue weighted by Gasteiger charge is 2.28. The minimum Gasteiger partial charge on any atom is -0.495 e. The number of methoxy groups -OCH3 is 1. The average molecular weight is 420 g/mol. The first-order chi connectivity index (χ1) is 14.7. The highest BCUT2D eigenvalue weighted by atomic mass is 35.5. The van der Waals surface area contributed by atoms with Gasteiger partial charge >= 0.3 is 6.09 Å². The Labute approximate surface area is 181 Å². The molecule has 1 aliphatic carbocycles. The Morgan fingerprint density at radius 2 is 1.70 bits per heavy atom. The van der Waals surface area contributed by atoms with Crippen molar-refractivity contribution in [2.24, 2.45) is 0 Å². The lowest BCUT2D eigenvalue weighted by Gasteiger charge is -2.14. The number of benzene rings is 3. The van der Waals surface area contributed by atoms with E-state index in [-0.39, 0.29) is 5.92 Å². The van der Waals surface area contributed by atoms with Crippen LogP contribution in [-0.2, 0) is 4.74 Å². The minimum absolute atomic E-state index is 0.0557. The Balaban J connectivity index is 1.32. The van der Waals surface area contributed by atoms with Crippen LogP contribution in [0, 0.1) is 0 Å². The van der Waals surface area contributed by atoms with Gasteiger partial charge in [-0.05, 0) is 39.9 Å². The number of ether oxygens (including phenoxy) is 2. The molecule has 30 heavy (non-hydrogen) atoms. The van der Waals surface area contributed by atoms with Gasteiger partial charge in [0.25, 0.3) is 0 Å². The molecule has 1 N–H and O–H groups in total. The van der Waals surface area contributed by atoms with Crippen molar-refractivity contribution in [2.45, 2.75) is 5.92 Å². The van der Waals surface area contributed by atoms with E-state index in [0.29, 0.717) is 23.9 Å². The number of hydrogen-bond acceptors (Lipinski definition) is 3. The molecule has 0 aromatic heterocycles. The van der Waals surface area contributed by atoms with Crippen LogP contribution in [0.15, 0.2) is 72.8 Å². The first-order valence-corrected chi connectivity index (χ1v) is 10.1. The van der Waals surface area contributed by atoms with Crippen molar-refractivity contribution >= 4 is 23.8 Å². The second kappa shape index (κ2) is 9.06. The highest BCUT2D eigenvalue weighted by molar-refractivity contribution is 6.32. The quantitative estimate of drug-likeness (QED) is 0.541. The van der Waals surface area contributed by atoms with Gasteiger partial charge in [0.15, 0.2) is 0 Å². The fourth-order valence-electron chi connectivity index (χ4n) is 3.77. The maximum absolute atomic E-state index is 12.2. The standard InChI is InChI=1S/C25H22ClNO3/c1-29-24-13-12-17(15-23(24)26)7-6-14-27-25(28)30-16-22-20-10-4-2-8-18(20)19-9-3-5-11-21(19)22/h2-13,15,22H,14,16H2,1H3,(H,27,28). The zero-order chi connectivity index (χ0) is 20.9. The zero-order valence-electron chi connectivity index (χ0n) is 16.6. The molecule has 3 aromatic rings. The number of alkyl carbamates (subject to hydrolysis) is 1. The van der Waals surface area contributed by atoms with E-state index in [1.54, 1.807) is 13.2 Å². The first-order valence-electron chi connectivity index (χ1n) is 9.76. The van der Waals surface area contributed by atoms with Crippen molar-refractivity contribution in [1.29, 1.82) is 0 Å². The second-order valence-corrected chi connectivity index (χ2v) is 7.41. The smallest absolute Gasteiger partial charge is 0.407 e. The van der Waals surface area contributed by atoms with Gasteiger partial charge in [0.2, 0.25) is 0 Å². The van der Waals surface area contributed by atoms with Crippen molar-refractivity contribution in [3.63, 3.8) is 0 Å². The minimum atomic E-state index is -0.436. The van der Waals surface area contributed by atoms with Crippen LogP contribution < -0.4 is 10.1 Å². The van der Waals surface area contributed by atoms with Crippen LogP contribution in [0.1, 0.15) is 22.6 Å². The summed E-state index contributed by atoms with van der Waals surface area (Å²) >= 11 is 6.12. The Morgan fingerprint density at radius 1 is 1.03 bits per heavy atom. The number of rotatable bonds is 6. The Hall–Kier alpha value is -3.24. The molecule has 1 aliphatic rings. The number of carbonyl (C=O) groups excluding carboxylic acids is 1. The van der Waals surface area contributed by atoms with E-state index in [1.807, 2.05) is 48.6 Å². The molecule has 3 aromatic carbocycles. The third-order valence-corrected chi connectivity index (χ3v) is 5.49. The summed E-state index contributed by atoms with van der Waals surface area (Å²) in [5.41, 5.74) is 5.74. The molecule has 0 saturated heterocycles. The molecular weight excluding hydrogens is 398 g/mol. The summed E-state index contributed by atoms with van der Waals surface area (Å²) in [7, 11) is 1.58. The molecule has 0 saturated carbocycles. The molecule has 0 bridgehead atoms. The van der Waals surface area contributed by atoms with Crippen LogP contribution in [0.3, 0.4) is 0 Å². The molecule has 0 radical (unpaired) electrons. The molecule has 4 nitrogen and oxygen atoms in total. The van der Waals surface area contributed by atoms with Crippen LogP contribution in [0.5, 0.6) is 5.75 Å². The molecule has 5 heteroatoms. The molecule has 0 spiro atoms. The lowest BCUT2D eigenvalue weighted by Crippen LogP contribution is -2.26. The topological polar surface area (TPSA) is 47.6 Å². The van der Waals surface area contributed by atoms with Crippen LogP contribution in [0.2, 0.25) is 5.02 Å². The van der Waals surface area contributed by atoms with Crippen LogP contribution >= 0.6 is 11.6 Å². The average Bonchev–Trinajstić information content (AvgIpc) is 3.09. The highest BCUT2D eigenvalue weighted by Crippen LogP contribution is 2.44. The SMILES string of the molecule is COc1ccc(C=CCNC(=O)OCC2c3ccccc3-c3ccccc32)cc1Cl. The normalized spacial score (nSPS) is 12.5. The third kappa shape index (κ3) is 4.19. The van der Waals surface area contributed by atoms with Crippen molar-refractivity contribution in [1.82, 2.24) is 5.32 Å². The lowest BCUT2D eigenvalue weighted by atomic mass is 9.98. The second-order valence-electron chi connectivity index (χ2n) is 7.00. The van der Waals surface area contributed by atoms with Crippen molar-refractivity contribution in [3.8, 4) is 16.9 Å². The van der Waals surface area contributed by atoms with Gasteiger partial charge in [-0.15, -0.1) is 0 Å². The lowest BCUT2D eigenvalue weighted by molar-refractivity contribution is 0.144. The monoisotopic (exact) mass is 419 g/mol. The van der Waals surface area contributed by atoms with Crippen LogP contribution in [-0.4, -0.2) is 26.4 Å². The summed E-state index contributed by atoms with van der Waals surface area (Å²) in [5.74, 6) is 0.686. The van der Waals surface area contributed by atoms with Gasteiger partial charge < -0.3 is 14.8 Å². The maximum Gasteiger partial charge on any atom is 0.407 e. The van der Waals surface area contributed by atoms with Gasteiger partial charge in [-0.25, -0.2) is 4.79 Å². The fraction of sp³-hybridized carbons (Fsp3) is 0.160. The Bertz CT molecular complexity index is 1050. The summed E-state index contributed by atoms with van der Waals surface area (Å²) in [4.78, 5) is 12.2. The predicted molar refractivity (Wildman–Crippen MR) is 120 cm³/mol. The summed E-state index contributed by atoms with van der Waals surface area (Å²) in [5, 5.41) is 3.30. The Morgan fingerprint density at radius 3 is 2.33 bits per heavy atom. The van der Waals surface area contributed by atoms with E-state index >= 15 is 0 Å². The summed E-state index contributed by atoms with van der Waals surface area (Å²) in [6.45, 7) is 0.665. The molecule has 0 fully saturated rings. The molecule has 4 rings (SSSR count). The van der Waals surface area contributed by atoms with Crippen molar-refractivity contribution in [2.75, 3.05) is 20.3 Å². The number of hydrogen-bond donors (Lipinski definition) is 1. The third-order valence-electron chi connectivity index (χ3n) is 5.19. The van der Waals surface area contributed by atoms with Gasteiger partial charge in [-0.3, -0.25) is 0 Å². The molecule has 152 valence electrons.